The second-order valence-electron chi connectivity index (χ2n) is 7.90. The van der Waals surface area contributed by atoms with Gasteiger partial charge in [-0.2, -0.15) is 5.06 Å². The fourth-order valence-electron chi connectivity index (χ4n) is 4.17. The Kier molecular flexibility index (Phi) is 6.68. The Morgan fingerprint density at radius 3 is 2.81 bits per heavy atom. The van der Waals surface area contributed by atoms with Gasteiger partial charge in [-0.25, -0.2) is 0 Å². The van der Waals surface area contributed by atoms with Crippen molar-refractivity contribution in [3.05, 3.63) is 35.4 Å². The average Bonchev–Trinajstić information content (AvgIpc) is 2.69. The monoisotopic (exact) mass is 360 g/mol. The van der Waals surface area contributed by atoms with Crippen LogP contribution < -0.4 is 0 Å². The standard InChI is InChI=1S/C21H32N2O3/c1-18-7-2-3-8-19(18)15-21(17-24)10-6-11-22(16-21)20(25)9-13-23-12-4-5-14-26-23/h2-3,7-8,24H,4-6,9-17H2,1H3. The van der Waals surface area contributed by atoms with E-state index in [1.807, 2.05) is 16.0 Å². The van der Waals surface area contributed by atoms with Gasteiger partial charge in [0.25, 0.3) is 0 Å². The number of hydrogen-bond donors (Lipinski definition) is 1. The van der Waals surface area contributed by atoms with Crippen molar-refractivity contribution in [3.8, 4) is 0 Å². The van der Waals surface area contributed by atoms with Crippen molar-refractivity contribution in [1.82, 2.24) is 9.96 Å². The number of benzene rings is 1. The van der Waals surface area contributed by atoms with Crippen molar-refractivity contribution in [2.24, 2.45) is 5.41 Å². The lowest BCUT2D eigenvalue weighted by atomic mass is 9.75. The summed E-state index contributed by atoms with van der Waals surface area (Å²) in [4.78, 5) is 20.3. The Bertz CT molecular complexity index is 601. The van der Waals surface area contributed by atoms with Gasteiger partial charge in [0.05, 0.1) is 13.2 Å². The topological polar surface area (TPSA) is 53.0 Å². The number of aliphatic hydroxyl groups is 1. The van der Waals surface area contributed by atoms with Crippen molar-refractivity contribution in [3.63, 3.8) is 0 Å². The largest absolute Gasteiger partial charge is 0.396 e. The highest BCUT2D eigenvalue weighted by Crippen LogP contribution is 2.34. The summed E-state index contributed by atoms with van der Waals surface area (Å²) >= 11 is 0. The number of nitrogens with zero attached hydrogens (tertiary/aromatic N) is 2. The molecule has 1 aromatic rings. The maximum Gasteiger partial charge on any atom is 0.223 e. The van der Waals surface area contributed by atoms with Crippen LogP contribution in [0.25, 0.3) is 0 Å². The summed E-state index contributed by atoms with van der Waals surface area (Å²) in [5, 5.41) is 12.1. The third kappa shape index (κ3) is 4.84. The van der Waals surface area contributed by atoms with Crippen LogP contribution in [0, 0.1) is 12.3 Å². The molecule has 26 heavy (non-hydrogen) atoms. The number of rotatable bonds is 6. The summed E-state index contributed by atoms with van der Waals surface area (Å²) < 4.78 is 0. The van der Waals surface area contributed by atoms with E-state index < -0.39 is 0 Å². The SMILES string of the molecule is Cc1ccccc1CC1(CO)CCCN(C(=O)CCN2CCCCO2)C1. The van der Waals surface area contributed by atoms with Crippen molar-refractivity contribution in [2.75, 3.05) is 39.4 Å². The molecule has 0 saturated carbocycles. The van der Waals surface area contributed by atoms with Gasteiger partial charge >= 0.3 is 0 Å². The van der Waals surface area contributed by atoms with Crippen molar-refractivity contribution < 1.29 is 14.7 Å². The van der Waals surface area contributed by atoms with Gasteiger partial charge in [0, 0.05) is 38.0 Å². The molecule has 1 N–H and O–H groups in total. The maximum atomic E-state index is 12.7. The Balaban J connectivity index is 1.59. The first-order valence-electron chi connectivity index (χ1n) is 9.93. The third-order valence-electron chi connectivity index (χ3n) is 5.83. The van der Waals surface area contributed by atoms with Gasteiger partial charge in [-0.15, -0.1) is 0 Å². The zero-order chi connectivity index (χ0) is 18.4. The molecule has 2 aliphatic rings. The van der Waals surface area contributed by atoms with E-state index in [0.29, 0.717) is 19.5 Å². The van der Waals surface area contributed by atoms with Crippen LogP contribution in [0.1, 0.15) is 43.2 Å². The number of hydroxylamine groups is 2. The van der Waals surface area contributed by atoms with Gasteiger partial charge < -0.3 is 10.0 Å². The Labute approximate surface area is 156 Å². The van der Waals surface area contributed by atoms with Gasteiger partial charge in [0.15, 0.2) is 0 Å². The van der Waals surface area contributed by atoms with E-state index >= 15 is 0 Å². The highest BCUT2D eigenvalue weighted by molar-refractivity contribution is 5.76. The number of hydrogen-bond acceptors (Lipinski definition) is 4. The molecule has 1 amide bonds. The van der Waals surface area contributed by atoms with Crippen LogP contribution in [0.3, 0.4) is 0 Å². The average molecular weight is 360 g/mol. The van der Waals surface area contributed by atoms with Gasteiger partial charge in [0.1, 0.15) is 0 Å². The Morgan fingerprint density at radius 1 is 1.23 bits per heavy atom. The highest BCUT2D eigenvalue weighted by Gasteiger charge is 2.37. The summed E-state index contributed by atoms with van der Waals surface area (Å²) in [5.41, 5.74) is 2.31. The van der Waals surface area contributed by atoms with Gasteiger partial charge in [-0.1, -0.05) is 24.3 Å². The van der Waals surface area contributed by atoms with E-state index in [9.17, 15) is 9.90 Å². The van der Waals surface area contributed by atoms with Crippen molar-refractivity contribution in [1.29, 1.82) is 0 Å². The third-order valence-corrected chi connectivity index (χ3v) is 5.83. The normalized spacial score (nSPS) is 24.6. The minimum absolute atomic E-state index is 0.125. The van der Waals surface area contributed by atoms with Gasteiger partial charge in [-0.05, 0) is 50.2 Å². The zero-order valence-corrected chi connectivity index (χ0v) is 16.0. The summed E-state index contributed by atoms with van der Waals surface area (Å²) in [6.45, 7) is 6.04. The molecule has 1 aromatic carbocycles. The number of likely N-dealkylation sites (tertiary alicyclic amines) is 1. The van der Waals surface area contributed by atoms with Crippen LogP contribution in [-0.2, 0) is 16.1 Å². The molecular formula is C21H32N2O3. The van der Waals surface area contributed by atoms with Crippen LogP contribution in [0.2, 0.25) is 0 Å². The molecule has 144 valence electrons. The first-order chi connectivity index (χ1) is 12.6. The molecule has 2 aliphatic heterocycles. The molecule has 5 nitrogen and oxygen atoms in total. The first-order valence-corrected chi connectivity index (χ1v) is 9.93. The van der Waals surface area contributed by atoms with E-state index in [1.54, 1.807) is 0 Å². The second-order valence-corrected chi connectivity index (χ2v) is 7.90. The molecule has 0 aliphatic carbocycles. The minimum Gasteiger partial charge on any atom is -0.396 e. The zero-order valence-electron chi connectivity index (χ0n) is 16.0. The van der Waals surface area contributed by atoms with Crippen LogP contribution in [0.4, 0.5) is 0 Å². The predicted octanol–water partition coefficient (Wildman–Crippen LogP) is 2.56. The molecule has 2 fully saturated rings. The smallest absolute Gasteiger partial charge is 0.223 e. The van der Waals surface area contributed by atoms with Gasteiger partial charge in [0.2, 0.25) is 5.91 Å². The predicted molar refractivity (Wildman–Crippen MR) is 102 cm³/mol. The quantitative estimate of drug-likeness (QED) is 0.847. The van der Waals surface area contributed by atoms with E-state index in [0.717, 1.165) is 51.8 Å². The summed E-state index contributed by atoms with van der Waals surface area (Å²) in [6, 6.07) is 8.35. The molecule has 0 spiro atoms. The van der Waals surface area contributed by atoms with Crippen LogP contribution in [-0.4, -0.2) is 60.4 Å². The molecular weight excluding hydrogens is 328 g/mol. The van der Waals surface area contributed by atoms with E-state index in [4.69, 9.17) is 4.84 Å². The fraction of sp³-hybridized carbons (Fsp3) is 0.667. The molecule has 1 atom stereocenters. The first kappa shape index (κ1) is 19.3. The van der Waals surface area contributed by atoms with Crippen molar-refractivity contribution >= 4 is 5.91 Å². The summed E-state index contributed by atoms with van der Waals surface area (Å²) in [6.07, 6.45) is 5.49. The maximum absolute atomic E-state index is 12.7. The molecule has 2 heterocycles. The molecule has 0 aromatic heterocycles. The van der Waals surface area contributed by atoms with E-state index in [2.05, 4.69) is 25.1 Å². The Hall–Kier alpha value is -1.43. The highest BCUT2D eigenvalue weighted by atomic mass is 16.7. The molecule has 0 bridgehead atoms. The second kappa shape index (κ2) is 8.98. The minimum atomic E-state index is -0.221. The van der Waals surface area contributed by atoms with Crippen molar-refractivity contribution in [2.45, 2.75) is 45.4 Å². The number of piperidine rings is 1. The number of carbonyl (C=O) groups is 1. The lowest BCUT2D eigenvalue weighted by Crippen LogP contribution is -2.49. The number of aryl methyl sites for hydroxylation is 1. The number of aliphatic hydroxyl groups excluding tert-OH is 1. The number of carbonyl (C=O) groups excluding carboxylic acids is 1. The molecule has 2 saturated heterocycles. The van der Waals surface area contributed by atoms with E-state index in [-0.39, 0.29) is 17.9 Å². The van der Waals surface area contributed by atoms with Crippen LogP contribution in [0.15, 0.2) is 24.3 Å². The lowest BCUT2D eigenvalue weighted by molar-refractivity contribution is -0.183. The summed E-state index contributed by atoms with van der Waals surface area (Å²) in [7, 11) is 0. The van der Waals surface area contributed by atoms with E-state index in [1.165, 1.54) is 11.1 Å². The lowest BCUT2D eigenvalue weighted by Gasteiger charge is -2.42. The molecule has 5 heteroatoms. The molecule has 1 unspecified atom stereocenters. The fourth-order valence-corrected chi connectivity index (χ4v) is 4.17. The van der Waals surface area contributed by atoms with Gasteiger partial charge in [-0.3, -0.25) is 9.63 Å². The number of amides is 1. The van der Waals surface area contributed by atoms with Crippen LogP contribution >= 0.6 is 0 Å². The van der Waals surface area contributed by atoms with Crippen LogP contribution in [0.5, 0.6) is 0 Å². The molecule has 3 rings (SSSR count). The Morgan fingerprint density at radius 2 is 2.08 bits per heavy atom. The molecule has 0 radical (unpaired) electrons. The summed E-state index contributed by atoms with van der Waals surface area (Å²) in [5.74, 6) is 0.182.